The van der Waals surface area contributed by atoms with Gasteiger partial charge in [-0.3, -0.25) is 0 Å². The van der Waals surface area contributed by atoms with Crippen molar-refractivity contribution in [1.29, 1.82) is 0 Å². The lowest BCUT2D eigenvalue weighted by molar-refractivity contribution is 0.0652. The lowest BCUT2D eigenvalue weighted by Crippen LogP contribution is -2.25. The van der Waals surface area contributed by atoms with Gasteiger partial charge in [0.05, 0.1) is 0 Å². The number of benzene rings is 1. The zero-order chi connectivity index (χ0) is 17.3. The maximum Gasteiger partial charge on any atom is 0.374 e. The molecule has 0 unspecified atom stereocenters. The maximum atomic E-state index is 10.9. The fraction of sp³-hybridized carbons (Fsp3) is 0.500. The Morgan fingerprint density at radius 1 is 1.12 bits per heavy atom. The molecule has 1 aliphatic rings. The number of rotatable bonds is 3. The van der Waals surface area contributed by atoms with Crippen LogP contribution in [-0.4, -0.2) is 16.2 Å². The van der Waals surface area contributed by atoms with Gasteiger partial charge in [-0.2, -0.15) is 0 Å². The van der Waals surface area contributed by atoms with Crippen molar-refractivity contribution in [3.05, 3.63) is 41.7 Å². The second-order valence-electron chi connectivity index (χ2n) is 7.92. The quantitative estimate of drug-likeness (QED) is 0.824. The molecule has 4 heteroatoms. The van der Waals surface area contributed by atoms with Gasteiger partial charge in [-0.25, -0.2) is 4.79 Å². The lowest BCUT2D eigenvalue weighted by atomic mass is 9.68. The zero-order valence-electron chi connectivity index (χ0n) is 14.6. The minimum atomic E-state index is -1.10. The SMILES string of the molecule is CC(C)(C)C1CCC(c2ccc(-c3cc(C(=O)O)on3)cc2)CC1. The van der Waals surface area contributed by atoms with Crippen LogP contribution in [0.15, 0.2) is 34.9 Å². The fourth-order valence-corrected chi connectivity index (χ4v) is 3.73. The van der Waals surface area contributed by atoms with Crippen molar-refractivity contribution in [2.75, 3.05) is 0 Å². The summed E-state index contributed by atoms with van der Waals surface area (Å²) in [5.74, 6) is 0.220. The summed E-state index contributed by atoms with van der Waals surface area (Å²) in [5.41, 5.74) is 3.23. The van der Waals surface area contributed by atoms with Crippen LogP contribution in [0.2, 0.25) is 0 Å². The largest absolute Gasteiger partial charge is 0.475 e. The van der Waals surface area contributed by atoms with Crippen LogP contribution >= 0.6 is 0 Å². The van der Waals surface area contributed by atoms with Crippen LogP contribution in [0.4, 0.5) is 0 Å². The highest BCUT2D eigenvalue weighted by Gasteiger charge is 2.30. The van der Waals surface area contributed by atoms with Crippen molar-refractivity contribution in [2.24, 2.45) is 11.3 Å². The lowest BCUT2D eigenvalue weighted by Gasteiger charge is -2.37. The Morgan fingerprint density at radius 2 is 1.75 bits per heavy atom. The molecule has 1 aliphatic carbocycles. The molecule has 2 aromatic rings. The zero-order valence-corrected chi connectivity index (χ0v) is 14.6. The molecule has 0 saturated heterocycles. The highest BCUT2D eigenvalue weighted by atomic mass is 16.5. The number of hydrogen-bond donors (Lipinski definition) is 1. The van der Waals surface area contributed by atoms with E-state index in [1.165, 1.54) is 37.3 Å². The van der Waals surface area contributed by atoms with E-state index >= 15 is 0 Å². The van der Waals surface area contributed by atoms with Crippen LogP contribution in [0.1, 0.15) is 68.5 Å². The van der Waals surface area contributed by atoms with Gasteiger partial charge >= 0.3 is 5.97 Å². The van der Waals surface area contributed by atoms with Crippen molar-refractivity contribution in [2.45, 2.75) is 52.4 Å². The predicted molar refractivity (Wildman–Crippen MR) is 93.1 cm³/mol. The molecule has 0 bridgehead atoms. The van der Waals surface area contributed by atoms with Crippen LogP contribution < -0.4 is 0 Å². The third-order valence-electron chi connectivity index (χ3n) is 5.35. The van der Waals surface area contributed by atoms with E-state index in [9.17, 15) is 4.79 Å². The Balaban J connectivity index is 1.68. The van der Waals surface area contributed by atoms with Gasteiger partial charge in [0.1, 0.15) is 5.69 Å². The molecule has 1 aromatic carbocycles. The average Bonchev–Trinajstić information content (AvgIpc) is 3.05. The summed E-state index contributed by atoms with van der Waals surface area (Å²) < 4.78 is 4.82. The maximum absolute atomic E-state index is 10.9. The van der Waals surface area contributed by atoms with Gasteiger partial charge < -0.3 is 9.63 Å². The van der Waals surface area contributed by atoms with E-state index < -0.39 is 5.97 Å². The van der Waals surface area contributed by atoms with Crippen molar-refractivity contribution < 1.29 is 14.4 Å². The molecule has 0 radical (unpaired) electrons. The first-order valence-electron chi connectivity index (χ1n) is 8.65. The molecule has 0 aliphatic heterocycles. The molecule has 1 N–H and O–H groups in total. The number of carbonyl (C=O) groups is 1. The van der Waals surface area contributed by atoms with Gasteiger partial charge in [0.15, 0.2) is 0 Å². The Bertz CT molecular complexity index is 701. The van der Waals surface area contributed by atoms with Gasteiger partial charge in [0.2, 0.25) is 5.76 Å². The van der Waals surface area contributed by atoms with Gasteiger partial charge in [0.25, 0.3) is 0 Å². The molecule has 128 valence electrons. The summed E-state index contributed by atoms with van der Waals surface area (Å²) in [6.07, 6.45) is 5.07. The number of carboxylic acid groups (broad SMARTS) is 1. The summed E-state index contributed by atoms with van der Waals surface area (Å²) in [6, 6.07) is 9.77. The monoisotopic (exact) mass is 327 g/mol. The Labute approximate surface area is 142 Å². The van der Waals surface area contributed by atoms with E-state index in [0.717, 1.165) is 11.5 Å². The smallest absolute Gasteiger partial charge is 0.374 e. The van der Waals surface area contributed by atoms with Crippen LogP contribution in [-0.2, 0) is 0 Å². The first-order valence-corrected chi connectivity index (χ1v) is 8.65. The minimum absolute atomic E-state index is 0.130. The Morgan fingerprint density at radius 3 is 2.25 bits per heavy atom. The van der Waals surface area contributed by atoms with Gasteiger partial charge in [0, 0.05) is 11.6 Å². The van der Waals surface area contributed by atoms with Crippen molar-refractivity contribution >= 4 is 5.97 Å². The minimum Gasteiger partial charge on any atom is -0.475 e. The normalized spacial score (nSPS) is 21.6. The number of aromatic carboxylic acids is 1. The number of nitrogens with zero attached hydrogens (tertiary/aromatic N) is 1. The molecule has 1 fully saturated rings. The number of aromatic nitrogens is 1. The molecular weight excluding hydrogens is 302 g/mol. The van der Waals surface area contributed by atoms with E-state index in [1.54, 1.807) is 0 Å². The summed E-state index contributed by atoms with van der Waals surface area (Å²) in [4.78, 5) is 10.9. The summed E-state index contributed by atoms with van der Waals surface area (Å²) in [6.45, 7) is 7.03. The second-order valence-corrected chi connectivity index (χ2v) is 7.92. The molecule has 0 spiro atoms. The molecular formula is C20H25NO3. The first kappa shape index (κ1) is 16.7. The van der Waals surface area contributed by atoms with E-state index in [1.807, 2.05) is 12.1 Å². The Hall–Kier alpha value is -2.10. The van der Waals surface area contributed by atoms with Crippen molar-refractivity contribution in [3.8, 4) is 11.3 Å². The van der Waals surface area contributed by atoms with Crippen LogP contribution in [0.25, 0.3) is 11.3 Å². The summed E-state index contributed by atoms with van der Waals surface area (Å²) in [7, 11) is 0. The predicted octanol–water partition coefficient (Wildman–Crippen LogP) is 5.36. The van der Waals surface area contributed by atoms with Crippen LogP contribution in [0, 0.1) is 11.3 Å². The van der Waals surface area contributed by atoms with Crippen molar-refractivity contribution in [1.82, 2.24) is 5.16 Å². The highest BCUT2D eigenvalue weighted by Crippen LogP contribution is 2.43. The highest BCUT2D eigenvalue weighted by molar-refractivity contribution is 5.85. The van der Waals surface area contributed by atoms with Crippen LogP contribution in [0.5, 0.6) is 0 Å². The van der Waals surface area contributed by atoms with E-state index in [4.69, 9.17) is 9.63 Å². The van der Waals surface area contributed by atoms with E-state index in [2.05, 4.69) is 38.1 Å². The van der Waals surface area contributed by atoms with E-state index in [0.29, 0.717) is 17.0 Å². The van der Waals surface area contributed by atoms with Crippen LogP contribution in [0.3, 0.4) is 0 Å². The number of carboxylic acids is 1. The third-order valence-corrected chi connectivity index (χ3v) is 5.35. The fourth-order valence-electron chi connectivity index (χ4n) is 3.73. The van der Waals surface area contributed by atoms with Gasteiger partial charge in [-0.1, -0.05) is 50.2 Å². The van der Waals surface area contributed by atoms with Gasteiger partial charge in [-0.15, -0.1) is 0 Å². The molecule has 0 amide bonds. The Kier molecular flexibility index (Phi) is 4.48. The standard InChI is InChI=1S/C20H25NO3/c1-20(2,3)16-10-8-14(9-11-16)13-4-6-15(7-5-13)17-12-18(19(22)23)24-21-17/h4-7,12,14,16H,8-11H2,1-3H3,(H,22,23). The molecule has 24 heavy (non-hydrogen) atoms. The molecule has 1 heterocycles. The van der Waals surface area contributed by atoms with E-state index in [-0.39, 0.29) is 5.76 Å². The van der Waals surface area contributed by atoms with Gasteiger partial charge in [-0.05, 0) is 48.5 Å². The second kappa shape index (κ2) is 6.42. The third kappa shape index (κ3) is 3.53. The first-order chi connectivity index (χ1) is 11.3. The molecule has 3 rings (SSSR count). The topological polar surface area (TPSA) is 63.3 Å². The molecule has 1 aromatic heterocycles. The molecule has 1 saturated carbocycles. The van der Waals surface area contributed by atoms with Crippen molar-refractivity contribution in [3.63, 3.8) is 0 Å². The number of hydrogen-bond acceptors (Lipinski definition) is 3. The molecule has 4 nitrogen and oxygen atoms in total. The molecule has 0 atom stereocenters. The summed E-state index contributed by atoms with van der Waals surface area (Å²) >= 11 is 0. The summed E-state index contributed by atoms with van der Waals surface area (Å²) in [5, 5.41) is 12.7. The average molecular weight is 327 g/mol.